The van der Waals surface area contributed by atoms with Crippen molar-refractivity contribution in [3.05, 3.63) is 0 Å². The Morgan fingerprint density at radius 1 is 1.67 bits per heavy atom. The maximum atomic E-state index is 5.98. The summed E-state index contributed by atoms with van der Waals surface area (Å²) in [6, 6.07) is 0. The first kappa shape index (κ1) is 5.65. The second-order valence-electron chi connectivity index (χ2n) is 3.08. The van der Waals surface area contributed by atoms with E-state index in [9.17, 15) is 0 Å². The third kappa shape index (κ3) is 0.689. The number of hydrogen-bond donors (Lipinski definition) is 2. The Balaban J connectivity index is 2.17. The standard InChI is InChI=1S/C6H12N2O/c7-6-3-8-1-5(6)2-9-4-6/h5,8H,1-4,7H2/t5?,6-/m0/s1. The predicted octanol–water partition coefficient (Wildman–Crippen LogP) is -1.07. The lowest BCUT2D eigenvalue weighted by Gasteiger charge is -2.18. The molecule has 2 fully saturated rings. The highest BCUT2D eigenvalue weighted by Crippen LogP contribution is 2.25. The molecule has 3 heteroatoms. The number of fused-ring (bicyclic) bond motifs is 1. The molecule has 2 aliphatic rings. The molecule has 0 aromatic heterocycles. The molecule has 2 saturated heterocycles. The average Bonchev–Trinajstić information content (AvgIpc) is 2.22. The van der Waals surface area contributed by atoms with Crippen molar-refractivity contribution in [3.8, 4) is 0 Å². The number of ether oxygens (including phenoxy) is 1. The van der Waals surface area contributed by atoms with Gasteiger partial charge in [0.1, 0.15) is 0 Å². The molecule has 2 atom stereocenters. The first-order valence-electron chi connectivity index (χ1n) is 3.39. The molecule has 52 valence electrons. The van der Waals surface area contributed by atoms with E-state index >= 15 is 0 Å². The van der Waals surface area contributed by atoms with Crippen LogP contribution in [0.5, 0.6) is 0 Å². The van der Waals surface area contributed by atoms with Gasteiger partial charge < -0.3 is 15.8 Å². The topological polar surface area (TPSA) is 47.3 Å². The highest BCUT2D eigenvalue weighted by atomic mass is 16.5. The van der Waals surface area contributed by atoms with Gasteiger partial charge in [0.05, 0.1) is 18.8 Å². The second kappa shape index (κ2) is 1.68. The van der Waals surface area contributed by atoms with Crippen LogP contribution in [0.2, 0.25) is 0 Å². The average molecular weight is 128 g/mol. The molecule has 0 saturated carbocycles. The Morgan fingerprint density at radius 3 is 3.33 bits per heavy atom. The Kier molecular flexibility index (Phi) is 1.06. The molecule has 2 aliphatic heterocycles. The van der Waals surface area contributed by atoms with Crippen molar-refractivity contribution in [1.29, 1.82) is 0 Å². The van der Waals surface area contributed by atoms with E-state index < -0.39 is 0 Å². The van der Waals surface area contributed by atoms with Gasteiger partial charge in [-0.2, -0.15) is 0 Å². The van der Waals surface area contributed by atoms with Gasteiger partial charge >= 0.3 is 0 Å². The highest BCUT2D eigenvalue weighted by molar-refractivity contribution is 5.02. The van der Waals surface area contributed by atoms with Crippen LogP contribution in [0.25, 0.3) is 0 Å². The van der Waals surface area contributed by atoms with Crippen LogP contribution in [0.3, 0.4) is 0 Å². The summed E-state index contributed by atoms with van der Waals surface area (Å²) in [5.74, 6) is 0.567. The third-order valence-electron chi connectivity index (χ3n) is 2.35. The van der Waals surface area contributed by atoms with Crippen molar-refractivity contribution in [2.45, 2.75) is 5.54 Å². The summed E-state index contributed by atoms with van der Waals surface area (Å²) >= 11 is 0. The van der Waals surface area contributed by atoms with Gasteiger partial charge in [0, 0.05) is 19.0 Å². The fourth-order valence-electron chi connectivity index (χ4n) is 1.61. The molecule has 2 heterocycles. The zero-order chi connectivity index (χ0) is 6.32. The monoisotopic (exact) mass is 128 g/mol. The van der Waals surface area contributed by atoms with Gasteiger partial charge in [-0.3, -0.25) is 0 Å². The molecule has 0 aliphatic carbocycles. The SMILES string of the molecule is N[C@]12CNCC1COC2. The molecular weight excluding hydrogens is 116 g/mol. The van der Waals surface area contributed by atoms with E-state index in [1.54, 1.807) is 0 Å². The largest absolute Gasteiger partial charge is 0.379 e. The molecule has 3 nitrogen and oxygen atoms in total. The number of nitrogens with one attached hydrogen (secondary N) is 1. The minimum Gasteiger partial charge on any atom is -0.379 e. The van der Waals surface area contributed by atoms with Crippen LogP contribution in [-0.2, 0) is 4.74 Å². The van der Waals surface area contributed by atoms with Gasteiger partial charge in [0.2, 0.25) is 0 Å². The van der Waals surface area contributed by atoms with Crippen molar-refractivity contribution < 1.29 is 4.74 Å². The van der Waals surface area contributed by atoms with Crippen molar-refractivity contribution in [2.75, 3.05) is 26.3 Å². The molecule has 1 unspecified atom stereocenters. The zero-order valence-corrected chi connectivity index (χ0v) is 5.39. The lowest BCUT2D eigenvalue weighted by molar-refractivity contribution is 0.171. The number of nitrogens with two attached hydrogens (primary N) is 1. The molecule has 9 heavy (non-hydrogen) atoms. The summed E-state index contributed by atoms with van der Waals surface area (Å²) in [7, 11) is 0. The van der Waals surface area contributed by atoms with E-state index in [-0.39, 0.29) is 5.54 Å². The predicted molar refractivity (Wildman–Crippen MR) is 34.1 cm³/mol. The third-order valence-corrected chi connectivity index (χ3v) is 2.35. The number of rotatable bonds is 0. The summed E-state index contributed by atoms with van der Waals surface area (Å²) in [4.78, 5) is 0. The summed E-state index contributed by atoms with van der Waals surface area (Å²) in [6.45, 7) is 3.56. The minimum atomic E-state index is -0.0278. The molecule has 0 amide bonds. The van der Waals surface area contributed by atoms with Crippen LogP contribution in [0, 0.1) is 5.92 Å². The minimum absolute atomic E-state index is 0.0278. The van der Waals surface area contributed by atoms with Gasteiger partial charge in [-0.05, 0) is 0 Å². The Labute approximate surface area is 54.6 Å². The van der Waals surface area contributed by atoms with Gasteiger partial charge in [-0.25, -0.2) is 0 Å². The van der Waals surface area contributed by atoms with E-state index in [0.29, 0.717) is 5.92 Å². The Hall–Kier alpha value is -0.120. The first-order chi connectivity index (χ1) is 4.31. The van der Waals surface area contributed by atoms with E-state index in [2.05, 4.69) is 5.32 Å². The van der Waals surface area contributed by atoms with E-state index in [1.807, 2.05) is 0 Å². The molecule has 0 bridgehead atoms. The van der Waals surface area contributed by atoms with Crippen molar-refractivity contribution in [2.24, 2.45) is 11.7 Å². The van der Waals surface area contributed by atoms with Crippen LogP contribution in [0.15, 0.2) is 0 Å². The van der Waals surface area contributed by atoms with Crippen molar-refractivity contribution in [3.63, 3.8) is 0 Å². The fourth-order valence-corrected chi connectivity index (χ4v) is 1.61. The summed E-state index contributed by atoms with van der Waals surface area (Å²) in [6.07, 6.45) is 0. The van der Waals surface area contributed by atoms with Crippen LogP contribution in [0.1, 0.15) is 0 Å². The lowest BCUT2D eigenvalue weighted by atomic mass is 9.92. The molecule has 0 aromatic carbocycles. The zero-order valence-electron chi connectivity index (χ0n) is 5.39. The maximum Gasteiger partial charge on any atom is 0.0662 e. The summed E-state index contributed by atoms with van der Waals surface area (Å²) in [5.41, 5.74) is 5.95. The highest BCUT2D eigenvalue weighted by Gasteiger charge is 2.43. The molecular formula is C6H12N2O. The van der Waals surface area contributed by atoms with Crippen LogP contribution < -0.4 is 11.1 Å². The van der Waals surface area contributed by atoms with Crippen LogP contribution >= 0.6 is 0 Å². The van der Waals surface area contributed by atoms with Gasteiger partial charge in [-0.15, -0.1) is 0 Å². The first-order valence-corrected chi connectivity index (χ1v) is 3.39. The summed E-state index contributed by atoms with van der Waals surface area (Å²) < 4.78 is 5.25. The smallest absolute Gasteiger partial charge is 0.0662 e. The Morgan fingerprint density at radius 2 is 2.56 bits per heavy atom. The summed E-state index contributed by atoms with van der Waals surface area (Å²) in [5, 5.41) is 3.26. The fraction of sp³-hybridized carbons (Fsp3) is 1.00. The molecule has 0 radical (unpaired) electrons. The van der Waals surface area contributed by atoms with E-state index in [4.69, 9.17) is 10.5 Å². The van der Waals surface area contributed by atoms with Gasteiger partial charge in [0.15, 0.2) is 0 Å². The van der Waals surface area contributed by atoms with Crippen molar-refractivity contribution in [1.82, 2.24) is 5.32 Å². The Bertz CT molecular complexity index is 116. The van der Waals surface area contributed by atoms with Crippen LogP contribution in [-0.4, -0.2) is 31.8 Å². The van der Waals surface area contributed by atoms with E-state index in [0.717, 1.165) is 26.3 Å². The van der Waals surface area contributed by atoms with Gasteiger partial charge in [-0.1, -0.05) is 0 Å². The maximum absolute atomic E-state index is 5.98. The molecule has 0 spiro atoms. The normalized spacial score (nSPS) is 49.7. The number of hydrogen-bond acceptors (Lipinski definition) is 3. The quantitative estimate of drug-likeness (QED) is 0.437. The molecule has 3 N–H and O–H groups in total. The van der Waals surface area contributed by atoms with Crippen molar-refractivity contribution >= 4 is 0 Å². The van der Waals surface area contributed by atoms with E-state index in [1.165, 1.54) is 0 Å². The van der Waals surface area contributed by atoms with Crippen LogP contribution in [0.4, 0.5) is 0 Å². The molecule has 0 aromatic rings. The van der Waals surface area contributed by atoms with Gasteiger partial charge in [0.25, 0.3) is 0 Å². The molecule has 2 rings (SSSR count). The lowest BCUT2D eigenvalue weighted by Crippen LogP contribution is -2.47. The second-order valence-corrected chi connectivity index (χ2v) is 3.08.